The summed E-state index contributed by atoms with van der Waals surface area (Å²) in [6, 6.07) is 8.11. The number of anilines is 1. The van der Waals surface area contributed by atoms with Gasteiger partial charge in [0.05, 0.1) is 4.90 Å². The molecule has 0 aliphatic carbocycles. The fourth-order valence-corrected chi connectivity index (χ4v) is 2.64. The molecule has 0 radical (unpaired) electrons. The van der Waals surface area contributed by atoms with Crippen LogP contribution < -0.4 is 4.72 Å². The highest BCUT2D eigenvalue weighted by Crippen LogP contribution is 2.15. The quantitative estimate of drug-likeness (QED) is 0.880. The first-order valence-electron chi connectivity index (χ1n) is 5.61. The van der Waals surface area contributed by atoms with E-state index in [1.807, 2.05) is 6.92 Å². The maximum atomic E-state index is 12.1. The van der Waals surface area contributed by atoms with Gasteiger partial charge in [-0.05, 0) is 41.8 Å². The molecule has 5 nitrogen and oxygen atoms in total. The molecule has 7 heteroatoms. The van der Waals surface area contributed by atoms with E-state index in [0.717, 1.165) is 12.0 Å². The minimum atomic E-state index is -3.65. The Bertz CT molecular complexity index is 672. The van der Waals surface area contributed by atoms with E-state index in [4.69, 9.17) is 11.6 Å². The standard InChI is InChI=1S/C12H12ClN3O2S/c1-2-9-3-5-10(6-4-9)19(17,18)16-11-7-8-14-12(13)15-11/h3-8H,2H2,1H3,(H,14,15,16). The van der Waals surface area contributed by atoms with E-state index in [-0.39, 0.29) is 16.0 Å². The molecule has 0 unspecified atom stereocenters. The van der Waals surface area contributed by atoms with Crippen LogP contribution in [0.3, 0.4) is 0 Å². The van der Waals surface area contributed by atoms with Crippen molar-refractivity contribution in [1.29, 1.82) is 0 Å². The van der Waals surface area contributed by atoms with Gasteiger partial charge in [0.2, 0.25) is 5.28 Å². The zero-order chi connectivity index (χ0) is 13.9. The molecule has 19 heavy (non-hydrogen) atoms. The lowest BCUT2D eigenvalue weighted by Gasteiger charge is -2.07. The Kier molecular flexibility index (Phi) is 4.01. The van der Waals surface area contributed by atoms with Crippen molar-refractivity contribution in [1.82, 2.24) is 9.97 Å². The van der Waals surface area contributed by atoms with Crippen molar-refractivity contribution in [2.24, 2.45) is 0 Å². The molecule has 1 N–H and O–H groups in total. The summed E-state index contributed by atoms with van der Waals surface area (Å²) in [7, 11) is -3.65. The second kappa shape index (κ2) is 5.54. The van der Waals surface area contributed by atoms with Gasteiger partial charge < -0.3 is 0 Å². The van der Waals surface area contributed by atoms with Crippen LogP contribution in [0, 0.1) is 0 Å². The monoisotopic (exact) mass is 297 g/mol. The summed E-state index contributed by atoms with van der Waals surface area (Å²) in [4.78, 5) is 7.65. The van der Waals surface area contributed by atoms with E-state index >= 15 is 0 Å². The van der Waals surface area contributed by atoms with Gasteiger partial charge in [-0.25, -0.2) is 13.4 Å². The average molecular weight is 298 g/mol. The largest absolute Gasteiger partial charge is 0.263 e. The summed E-state index contributed by atoms with van der Waals surface area (Å²) >= 11 is 5.60. The summed E-state index contributed by atoms with van der Waals surface area (Å²) in [6.45, 7) is 2.00. The second-order valence-corrected chi connectivity index (χ2v) is 5.83. The van der Waals surface area contributed by atoms with Gasteiger partial charge >= 0.3 is 0 Å². The van der Waals surface area contributed by atoms with Crippen molar-refractivity contribution in [3.8, 4) is 0 Å². The van der Waals surface area contributed by atoms with E-state index in [1.165, 1.54) is 12.3 Å². The van der Waals surface area contributed by atoms with Crippen LogP contribution in [-0.2, 0) is 16.4 Å². The molecule has 1 aromatic heterocycles. The van der Waals surface area contributed by atoms with Crippen molar-refractivity contribution in [2.75, 3.05) is 4.72 Å². The molecule has 0 atom stereocenters. The van der Waals surface area contributed by atoms with Crippen LogP contribution in [0.4, 0.5) is 5.82 Å². The first-order chi connectivity index (χ1) is 9.01. The lowest BCUT2D eigenvalue weighted by Crippen LogP contribution is -2.14. The number of rotatable bonds is 4. The highest BCUT2D eigenvalue weighted by molar-refractivity contribution is 7.92. The van der Waals surface area contributed by atoms with Gasteiger partial charge in [0.1, 0.15) is 5.82 Å². The number of aryl methyl sites for hydroxylation is 1. The minimum absolute atomic E-state index is 0.0125. The Balaban J connectivity index is 2.27. The molecule has 2 rings (SSSR count). The molecule has 1 aromatic carbocycles. The summed E-state index contributed by atoms with van der Waals surface area (Å²) in [6.07, 6.45) is 2.24. The minimum Gasteiger partial charge on any atom is -0.263 e. The number of nitrogens with one attached hydrogen (secondary N) is 1. The van der Waals surface area contributed by atoms with E-state index < -0.39 is 10.0 Å². The Morgan fingerprint density at radius 3 is 2.47 bits per heavy atom. The van der Waals surface area contributed by atoms with Crippen molar-refractivity contribution in [3.63, 3.8) is 0 Å². The van der Waals surface area contributed by atoms with Crippen LogP contribution in [0.25, 0.3) is 0 Å². The number of aromatic nitrogens is 2. The second-order valence-electron chi connectivity index (χ2n) is 3.81. The molecule has 0 fully saturated rings. The van der Waals surface area contributed by atoms with E-state index in [1.54, 1.807) is 24.3 Å². The lowest BCUT2D eigenvalue weighted by atomic mass is 10.2. The third-order valence-corrected chi connectivity index (χ3v) is 4.06. The predicted octanol–water partition coefficient (Wildman–Crippen LogP) is 2.49. The SMILES string of the molecule is CCc1ccc(S(=O)(=O)Nc2ccnc(Cl)n2)cc1. The third kappa shape index (κ3) is 3.42. The topological polar surface area (TPSA) is 72.0 Å². The highest BCUT2D eigenvalue weighted by atomic mass is 35.5. The number of hydrogen-bond donors (Lipinski definition) is 1. The lowest BCUT2D eigenvalue weighted by molar-refractivity contribution is 0.601. The molecule has 1 heterocycles. The van der Waals surface area contributed by atoms with E-state index in [0.29, 0.717) is 0 Å². The predicted molar refractivity (Wildman–Crippen MR) is 73.7 cm³/mol. The van der Waals surface area contributed by atoms with Crippen molar-refractivity contribution < 1.29 is 8.42 Å². The number of sulfonamides is 1. The van der Waals surface area contributed by atoms with Crippen LogP contribution >= 0.6 is 11.6 Å². The molecule has 0 saturated heterocycles. The maximum Gasteiger partial charge on any atom is 0.263 e. The van der Waals surface area contributed by atoms with Gasteiger partial charge in [-0.1, -0.05) is 19.1 Å². The fourth-order valence-electron chi connectivity index (χ4n) is 1.49. The zero-order valence-electron chi connectivity index (χ0n) is 10.2. The van der Waals surface area contributed by atoms with E-state index in [9.17, 15) is 8.42 Å². The number of nitrogens with zero attached hydrogens (tertiary/aromatic N) is 2. The van der Waals surface area contributed by atoms with Crippen LogP contribution in [0.1, 0.15) is 12.5 Å². The number of hydrogen-bond acceptors (Lipinski definition) is 4. The maximum absolute atomic E-state index is 12.1. The molecule has 0 saturated carbocycles. The first-order valence-corrected chi connectivity index (χ1v) is 7.47. The van der Waals surface area contributed by atoms with Gasteiger partial charge in [-0.2, -0.15) is 4.98 Å². The number of benzene rings is 1. The van der Waals surface area contributed by atoms with Crippen LogP contribution in [0.2, 0.25) is 5.28 Å². The van der Waals surface area contributed by atoms with Crippen molar-refractivity contribution >= 4 is 27.4 Å². The normalized spacial score (nSPS) is 11.3. The number of halogens is 1. The molecular formula is C12H12ClN3O2S. The van der Waals surface area contributed by atoms with Gasteiger partial charge in [0.15, 0.2) is 0 Å². The van der Waals surface area contributed by atoms with Gasteiger partial charge in [0.25, 0.3) is 10.0 Å². The third-order valence-electron chi connectivity index (χ3n) is 2.51. The summed E-state index contributed by atoms with van der Waals surface area (Å²) < 4.78 is 26.5. The Labute approximate surface area is 116 Å². The van der Waals surface area contributed by atoms with E-state index in [2.05, 4.69) is 14.7 Å². The summed E-state index contributed by atoms with van der Waals surface area (Å²) in [5.41, 5.74) is 1.07. The smallest absolute Gasteiger partial charge is 0.263 e. The molecule has 100 valence electrons. The first kappa shape index (κ1) is 13.8. The zero-order valence-corrected chi connectivity index (χ0v) is 11.7. The van der Waals surface area contributed by atoms with Gasteiger partial charge in [-0.15, -0.1) is 0 Å². The van der Waals surface area contributed by atoms with Crippen LogP contribution in [0.15, 0.2) is 41.4 Å². The molecule has 0 aliphatic heterocycles. The molecule has 0 aliphatic rings. The summed E-state index contributed by atoms with van der Waals surface area (Å²) in [5, 5.41) is -0.0125. The van der Waals surface area contributed by atoms with Gasteiger partial charge in [0, 0.05) is 6.20 Å². The van der Waals surface area contributed by atoms with Crippen molar-refractivity contribution in [2.45, 2.75) is 18.2 Å². The average Bonchev–Trinajstić information content (AvgIpc) is 2.38. The van der Waals surface area contributed by atoms with Crippen molar-refractivity contribution in [3.05, 3.63) is 47.4 Å². The fraction of sp³-hybridized carbons (Fsp3) is 0.167. The molecule has 0 amide bonds. The highest BCUT2D eigenvalue weighted by Gasteiger charge is 2.14. The summed E-state index contributed by atoms with van der Waals surface area (Å²) in [5.74, 6) is 0.138. The molecule has 2 aromatic rings. The molecule has 0 bridgehead atoms. The molecule has 0 spiro atoms. The molecular weight excluding hydrogens is 286 g/mol. The Morgan fingerprint density at radius 1 is 1.21 bits per heavy atom. The Hall–Kier alpha value is -1.66. The Morgan fingerprint density at radius 2 is 1.89 bits per heavy atom. The van der Waals surface area contributed by atoms with Crippen LogP contribution in [0.5, 0.6) is 0 Å². The van der Waals surface area contributed by atoms with Crippen LogP contribution in [-0.4, -0.2) is 18.4 Å². The van der Waals surface area contributed by atoms with Gasteiger partial charge in [-0.3, -0.25) is 4.72 Å².